The van der Waals surface area contributed by atoms with E-state index in [4.69, 9.17) is 9.47 Å². The number of nitrogens with one attached hydrogen (secondary N) is 1. The van der Waals surface area contributed by atoms with Crippen molar-refractivity contribution in [1.29, 1.82) is 0 Å². The zero-order valence-corrected chi connectivity index (χ0v) is 12.1. The second kappa shape index (κ2) is 6.91. The molecular weight excluding hydrogens is 252 g/mol. The molecule has 0 unspecified atom stereocenters. The van der Waals surface area contributed by atoms with E-state index in [9.17, 15) is 0 Å². The van der Waals surface area contributed by atoms with E-state index in [0.29, 0.717) is 18.2 Å². The highest BCUT2D eigenvalue weighted by molar-refractivity contribution is 5.42. The molecule has 0 spiro atoms. The van der Waals surface area contributed by atoms with Crippen LogP contribution in [0, 0.1) is 6.92 Å². The molecule has 20 heavy (non-hydrogen) atoms. The van der Waals surface area contributed by atoms with Crippen molar-refractivity contribution in [3.05, 3.63) is 47.7 Å². The van der Waals surface area contributed by atoms with E-state index >= 15 is 0 Å². The molecule has 1 N–H and O–H groups in total. The Hall–Kier alpha value is -2.07. The zero-order valence-electron chi connectivity index (χ0n) is 12.1. The molecule has 2 aromatic rings. The first kappa shape index (κ1) is 14.3. The molecule has 0 atom stereocenters. The summed E-state index contributed by atoms with van der Waals surface area (Å²) in [5, 5.41) is 3.13. The van der Waals surface area contributed by atoms with Gasteiger partial charge < -0.3 is 14.8 Å². The Kier molecular flexibility index (Phi) is 4.96. The normalized spacial score (nSPS) is 10.3. The maximum Gasteiger partial charge on any atom is 0.219 e. The topological polar surface area (TPSA) is 43.4 Å². The van der Waals surface area contributed by atoms with E-state index in [0.717, 1.165) is 23.6 Å². The monoisotopic (exact) mass is 272 g/mol. The first-order valence-electron chi connectivity index (χ1n) is 6.74. The quantitative estimate of drug-likeness (QED) is 0.876. The van der Waals surface area contributed by atoms with Crippen LogP contribution in [0.25, 0.3) is 0 Å². The van der Waals surface area contributed by atoms with Gasteiger partial charge in [0.05, 0.1) is 6.61 Å². The summed E-state index contributed by atoms with van der Waals surface area (Å²) in [5.41, 5.74) is 2.07. The van der Waals surface area contributed by atoms with Crippen molar-refractivity contribution in [2.75, 3.05) is 13.7 Å². The van der Waals surface area contributed by atoms with Crippen molar-refractivity contribution < 1.29 is 9.47 Å². The van der Waals surface area contributed by atoms with Gasteiger partial charge in [0.25, 0.3) is 0 Å². The Morgan fingerprint density at radius 3 is 2.60 bits per heavy atom. The maximum absolute atomic E-state index is 5.87. The second-order valence-electron chi connectivity index (χ2n) is 4.47. The molecule has 106 valence electrons. The Bertz CT molecular complexity index is 570. The lowest BCUT2D eigenvalue weighted by Crippen LogP contribution is -2.06. The Labute approximate surface area is 119 Å². The van der Waals surface area contributed by atoms with Gasteiger partial charge in [0.15, 0.2) is 11.5 Å². The van der Waals surface area contributed by atoms with E-state index in [1.165, 1.54) is 0 Å². The van der Waals surface area contributed by atoms with Gasteiger partial charge in [-0.3, -0.25) is 0 Å². The summed E-state index contributed by atoms with van der Waals surface area (Å²) in [5.74, 6) is 2.00. The third-order valence-electron chi connectivity index (χ3n) is 2.73. The molecule has 0 saturated heterocycles. The fourth-order valence-corrected chi connectivity index (χ4v) is 1.99. The summed E-state index contributed by atoms with van der Waals surface area (Å²) in [6.07, 6.45) is 0. The van der Waals surface area contributed by atoms with Crippen LogP contribution in [0.15, 0.2) is 36.4 Å². The fourth-order valence-electron chi connectivity index (χ4n) is 1.99. The first-order chi connectivity index (χ1) is 9.72. The number of rotatable bonds is 6. The summed E-state index contributed by atoms with van der Waals surface area (Å²) in [6.45, 7) is 5.30. The van der Waals surface area contributed by atoms with Crippen LogP contribution in [-0.4, -0.2) is 18.6 Å². The van der Waals surface area contributed by atoms with Crippen LogP contribution in [0.4, 0.5) is 0 Å². The van der Waals surface area contributed by atoms with Crippen LogP contribution >= 0.6 is 0 Å². The smallest absolute Gasteiger partial charge is 0.219 e. The Balaban J connectivity index is 2.25. The number of aryl methyl sites for hydroxylation is 1. The van der Waals surface area contributed by atoms with Crippen LogP contribution in [0.2, 0.25) is 0 Å². The van der Waals surface area contributed by atoms with Crippen molar-refractivity contribution in [2.45, 2.75) is 20.4 Å². The molecule has 0 aliphatic carbocycles. The third kappa shape index (κ3) is 3.71. The molecule has 0 bridgehead atoms. The number of hydrogen-bond donors (Lipinski definition) is 1. The van der Waals surface area contributed by atoms with E-state index in [2.05, 4.69) is 10.3 Å². The molecule has 2 rings (SSSR count). The highest BCUT2D eigenvalue weighted by Crippen LogP contribution is 2.30. The van der Waals surface area contributed by atoms with Crippen molar-refractivity contribution >= 4 is 0 Å². The molecular formula is C16H20N2O2. The lowest BCUT2D eigenvalue weighted by molar-refractivity contribution is 0.319. The van der Waals surface area contributed by atoms with Gasteiger partial charge in [-0.25, -0.2) is 4.98 Å². The van der Waals surface area contributed by atoms with Crippen LogP contribution in [-0.2, 0) is 6.54 Å². The van der Waals surface area contributed by atoms with Gasteiger partial charge in [-0.1, -0.05) is 12.1 Å². The van der Waals surface area contributed by atoms with E-state index in [1.54, 1.807) is 0 Å². The molecule has 1 aromatic heterocycles. The minimum absolute atomic E-state index is 0.586. The predicted octanol–water partition coefficient (Wildman–Crippen LogP) is 3.30. The van der Waals surface area contributed by atoms with E-state index in [1.807, 2.05) is 57.3 Å². The average molecular weight is 272 g/mol. The molecule has 4 nitrogen and oxygen atoms in total. The molecule has 1 aromatic carbocycles. The molecule has 0 aliphatic rings. The van der Waals surface area contributed by atoms with Gasteiger partial charge in [0.2, 0.25) is 5.88 Å². The van der Waals surface area contributed by atoms with Gasteiger partial charge in [-0.05, 0) is 44.7 Å². The summed E-state index contributed by atoms with van der Waals surface area (Å²) in [6, 6.07) is 11.6. The molecule has 0 saturated carbocycles. The highest BCUT2D eigenvalue weighted by atomic mass is 16.5. The summed E-state index contributed by atoms with van der Waals surface area (Å²) in [7, 11) is 1.92. The second-order valence-corrected chi connectivity index (χ2v) is 4.47. The number of ether oxygens (including phenoxy) is 2. The number of hydrogen-bond acceptors (Lipinski definition) is 4. The van der Waals surface area contributed by atoms with Crippen LogP contribution in [0.1, 0.15) is 18.2 Å². The molecule has 1 heterocycles. The maximum atomic E-state index is 5.87. The van der Waals surface area contributed by atoms with Crippen molar-refractivity contribution in [1.82, 2.24) is 10.3 Å². The van der Waals surface area contributed by atoms with Gasteiger partial charge in [-0.15, -0.1) is 0 Å². The van der Waals surface area contributed by atoms with Gasteiger partial charge in [0.1, 0.15) is 0 Å². The van der Waals surface area contributed by atoms with E-state index < -0.39 is 0 Å². The van der Waals surface area contributed by atoms with Crippen molar-refractivity contribution in [2.24, 2.45) is 0 Å². The number of aromatic nitrogens is 1. The lowest BCUT2D eigenvalue weighted by Gasteiger charge is -2.12. The number of benzene rings is 1. The molecule has 0 radical (unpaired) electrons. The Morgan fingerprint density at radius 2 is 1.90 bits per heavy atom. The number of pyridine rings is 1. The molecule has 0 fully saturated rings. The van der Waals surface area contributed by atoms with Gasteiger partial charge >= 0.3 is 0 Å². The van der Waals surface area contributed by atoms with Crippen LogP contribution in [0.3, 0.4) is 0 Å². The Morgan fingerprint density at radius 1 is 1.15 bits per heavy atom. The SMILES string of the molecule is CCOc1ccccc1Oc1cc(CNC)cc(C)n1. The minimum Gasteiger partial charge on any atom is -0.490 e. The molecule has 0 aliphatic heterocycles. The summed E-state index contributed by atoms with van der Waals surface area (Å²) < 4.78 is 11.4. The van der Waals surface area contributed by atoms with Crippen molar-refractivity contribution in [3.63, 3.8) is 0 Å². The van der Waals surface area contributed by atoms with Gasteiger partial charge in [-0.2, -0.15) is 0 Å². The zero-order chi connectivity index (χ0) is 14.4. The number of nitrogens with zero attached hydrogens (tertiary/aromatic N) is 1. The number of para-hydroxylation sites is 2. The lowest BCUT2D eigenvalue weighted by atomic mass is 10.2. The third-order valence-corrected chi connectivity index (χ3v) is 2.73. The summed E-state index contributed by atoms with van der Waals surface area (Å²) >= 11 is 0. The largest absolute Gasteiger partial charge is 0.490 e. The average Bonchev–Trinajstić information content (AvgIpc) is 2.41. The minimum atomic E-state index is 0.586. The van der Waals surface area contributed by atoms with Crippen LogP contribution in [0.5, 0.6) is 17.4 Å². The standard InChI is InChI=1S/C16H20N2O2/c1-4-19-14-7-5-6-8-15(14)20-16-10-13(11-17-3)9-12(2)18-16/h5-10,17H,4,11H2,1-3H3. The summed E-state index contributed by atoms with van der Waals surface area (Å²) in [4.78, 5) is 4.41. The highest BCUT2D eigenvalue weighted by Gasteiger charge is 2.07. The molecule has 0 amide bonds. The van der Waals surface area contributed by atoms with Crippen molar-refractivity contribution in [3.8, 4) is 17.4 Å². The molecule has 4 heteroatoms. The van der Waals surface area contributed by atoms with E-state index in [-0.39, 0.29) is 0 Å². The predicted molar refractivity (Wildman–Crippen MR) is 79.4 cm³/mol. The van der Waals surface area contributed by atoms with Gasteiger partial charge in [0, 0.05) is 18.3 Å². The fraction of sp³-hybridized carbons (Fsp3) is 0.312. The van der Waals surface area contributed by atoms with Crippen LogP contribution < -0.4 is 14.8 Å². The first-order valence-corrected chi connectivity index (χ1v) is 6.74.